The molecule has 0 aliphatic carbocycles. The van der Waals surface area contributed by atoms with Gasteiger partial charge in [0.15, 0.2) is 0 Å². The van der Waals surface area contributed by atoms with Crippen LogP contribution in [0.25, 0.3) is 0 Å². The van der Waals surface area contributed by atoms with Crippen LogP contribution < -0.4 is 5.32 Å². The van der Waals surface area contributed by atoms with Crippen LogP contribution in [0.1, 0.15) is 23.6 Å². The number of benzene rings is 1. The smallest absolute Gasteiger partial charge is 0.396 e. The lowest BCUT2D eigenvalue weighted by molar-refractivity contribution is -0.140. The van der Waals surface area contributed by atoms with E-state index in [0.29, 0.717) is 18.6 Å². The van der Waals surface area contributed by atoms with Crippen LogP contribution in [0.5, 0.6) is 0 Å². The van der Waals surface area contributed by atoms with Gasteiger partial charge in [0.1, 0.15) is 11.9 Å². The topological polar surface area (TPSA) is 56.0 Å². The van der Waals surface area contributed by atoms with E-state index in [9.17, 15) is 17.6 Å². The molecule has 104 valence electrons. The highest BCUT2D eigenvalue weighted by molar-refractivity contribution is 5.32. The van der Waals surface area contributed by atoms with E-state index in [0.717, 1.165) is 6.07 Å². The Labute approximate surface area is 107 Å². The normalized spacial score (nSPS) is 13.1. The molecule has 0 saturated carbocycles. The summed E-state index contributed by atoms with van der Waals surface area (Å²) in [6.45, 7) is 0.176. The molecule has 1 rings (SSSR count). The fourth-order valence-electron chi connectivity index (χ4n) is 1.50. The predicted octanol–water partition coefficient (Wildman–Crippen LogP) is 2.38. The molecule has 0 aliphatic rings. The molecule has 7 heteroatoms. The largest absolute Gasteiger partial charge is 0.419 e. The fraction of sp³-hybridized carbons (Fsp3) is 0.417. The number of nitrogens with zero attached hydrogens (tertiary/aromatic N) is 1. The predicted molar refractivity (Wildman–Crippen MR) is 59.5 cm³/mol. The number of nitriles is 1. The van der Waals surface area contributed by atoms with Gasteiger partial charge < -0.3 is 5.11 Å². The summed E-state index contributed by atoms with van der Waals surface area (Å²) >= 11 is 0. The number of nitrogens with one attached hydrogen (secondary N) is 1. The van der Waals surface area contributed by atoms with Gasteiger partial charge in [-0.15, -0.1) is 0 Å². The van der Waals surface area contributed by atoms with Crippen molar-refractivity contribution in [1.82, 2.24) is 5.32 Å². The van der Waals surface area contributed by atoms with Gasteiger partial charge in [-0.25, -0.2) is 4.39 Å². The molecule has 0 spiro atoms. The van der Waals surface area contributed by atoms with E-state index in [2.05, 4.69) is 5.32 Å². The molecule has 19 heavy (non-hydrogen) atoms. The summed E-state index contributed by atoms with van der Waals surface area (Å²) in [6.07, 6.45) is -4.43. The Morgan fingerprint density at radius 1 is 1.37 bits per heavy atom. The Morgan fingerprint density at radius 2 is 2.05 bits per heavy atom. The Balaban J connectivity index is 2.97. The Bertz CT molecular complexity index is 468. The molecule has 1 aromatic carbocycles. The van der Waals surface area contributed by atoms with Crippen molar-refractivity contribution >= 4 is 0 Å². The van der Waals surface area contributed by atoms with Gasteiger partial charge >= 0.3 is 6.18 Å². The van der Waals surface area contributed by atoms with E-state index in [1.165, 1.54) is 0 Å². The van der Waals surface area contributed by atoms with Crippen LogP contribution in [0.4, 0.5) is 17.6 Å². The van der Waals surface area contributed by atoms with E-state index in [1.807, 2.05) is 0 Å². The number of rotatable bonds is 5. The lowest BCUT2D eigenvalue weighted by Gasteiger charge is -2.14. The highest BCUT2D eigenvalue weighted by Crippen LogP contribution is 2.32. The second-order valence-electron chi connectivity index (χ2n) is 3.83. The van der Waals surface area contributed by atoms with E-state index >= 15 is 0 Å². The average Bonchev–Trinajstić information content (AvgIpc) is 2.34. The van der Waals surface area contributed by atoms with Crippen LogP contribution >= 0.6 is 0 Å². The monoisotopic (exact) mass is 276 g/mol. The van der Waals surface area contributed by atoms with E-state index in [4.69, 9.17) is 10.4 Å². The van der Waals surface area contributed by atoms with Crippen molar-refractivity contribution < 1.29 is 22.7 Å². The summed E-state index contributed by atoms with van der Waals surface area (Å²) in [7, 11) is 0. The van der Waals surface area contributed by atoms with Gasteiger partial charge in [0.2, 0.25) is 0 Å². The summed E-state index contributed by atoms with van der Waals surface area (Å²) in [5.41, 5.74) is -1.36. The third-order valence-electron chi connectivity index (χ3n) is 2.44. The molecule has 0 aromatic heterocycles. The maximum atomic E-state index is 13.1. The average molecular weight is 276 g/mol. The van der Waals surface area contributed by atoms with Crippen molar-refractivity contribution in [1.29, 1.82) is 5.26 Å². The standard InChI is InChI=1S/C12H12F4N2O/c13-10-3-2-8(6-9(10)12(14,15)16)11(7-17)18-4-1-5-19/h2-3,6,11,18-19H,1,4-5H2. The first kappa shape index (κ1) is 15.4. The van der Waals surface area contributed by atoms with Crippen LogP contribution in [-0.4, -0.2) is 18.3 Å². The maximum Gasteiger partial charge on any atom is 0.419 e. The summed E-state index contributed by atoms with van der Waals surface area (Å²) < 4.78 is 50.7. The molecule has 3 nitrogen and oxygen atoms in total. The van der Waals surface area contributed by atoms with E-state index in [1.54, 1.807) is 6.07 Å². The highest BCUT2D eigenvalue weighted by Gasteiger charge is 2.34. The number of aliphatic hydroxyl groups is 1. The first-order valence-electron chi connectivity index (χ1n) is 5.50. The highest BCUT2D eigenvalue weighted by atomic mass is 19.4. The summed E-state index contributed by atoms with van der Waals surface area (Å²) in [5.74, 6) is -1.37. The lowest BCUT2D eigenvalue weighted by atomic mass is 10.0. The molecule has 0 radical (unpaired) electrons. The number of hydrogen-bond acceptors (Lipinski definition) is 3. The van der Waals surface area contributed by atoms with Gasteiger partial charge in [0.25, 0.3) is 0 Å². The van der Waals surface area contributed by atoms with Gasteiger partial charge in [-0.1, -0.05) is 6.07 Å². The van der Waals surface area contributed by atoms with Crippen molar-refractivity contribution in [2.45, 2.75) is 18.6 Å². The minimum atomic E-state index is -4.80. The summed E-state index contributed by atoms with van der Waals surface area (Å²) in [6, 6.07) is 3.25. The van der Waals surface area contributed by atoms with Gasteiger partial charge in [-0.05, 0) is 30.7 Å². The van der Waals surface area contributed by atoms with Crippen molar-refractivity contribution in [3.05, 3.63) is 35.1 Å². The second-order valence-corrected chi connectivity index (χ2v) is 3.83. The summed E-state index contributed by atoms with van der Waals surface area (Å²) in [5, 5.41) is 20.2. The van der Waals surface area contributed by atoms with Crippen molar-refractivity contribution in [2.24, 2.45) is 0 Å². The van der Waals surface area contributed by atoms with E-state index in [-0.39, 0.29) is 18.7 Å². The minimum absolute atomic E-state index is 0.0363. The first-order chi connectivity index (χ1) is 8.90. The van der Waals surface area contributed by atoms with Crippen molar-refractivity contribution in [2.75, 3.05) is 13.2 Å². The molecular weight excluding hydrogens is 264 g/mol. The molecule has 0 amide bonds. The third kappa shape index (κ3) is 4.19. The number of alkyl halides is 3. The van der Waals surface area contributed by atoms with Crippen molar-refractivity contribution in [3.63, 3.8) is 0 Å². The van der Waals surface area contributed by atoms with E-state index < -0.39 is 23.6 Å². The van der Waals surface area contributed by atoms with Crippen molar-refractivity contribution in [3.8, 4) is 6.07 Å². The molecule has 1 unspecified atom stereocenters. The molecule has 0 saturated heterocycles. The zero-order valence-electron chi connectivity index (χ0n) is 9.84. The van der Waals surface area contributed by atoms with Gasteiger partial charge in [0, 0.05) is 6.61 Å². The zero-order valence-corrected chi connectivity index (χ0v) is 9.84. The number of hydrogen-bond donors (Lipinski definition) is 2. The van der Waals surface area contributed by atoms with Crippen LogP contribution in [0.2, 0.25) is 0 Å². The van der Waals surface area contributed by atoms with Gasteiger partial charge in [0.05, 0.1) is 11.6 Å². The second kappa shape index (κ2) is 6.50. The molecule has 1 aromatic rings. The Hall–Kier alpha value is -1.65. The molecular formula is C12H12F4N2O. The maximum absolute atomic E-state index is 13.1. The lowest BCUT2D eigenvalue weighted by Crippen LogP contribution is -2.22. The van der Waals surface area contributed by atoms with Gasteiger partial charge in [-0.2, -0.15) is 18.4 Å². The van der Waals surface area contributed by atoms with Crippen LogP contribution in [-0.2, 0) is 6.18 Å². The summed E-state index contributed by atoms with van der Waals surface area (Å²) in [4.78, 5) is 0. The molecule has 0 aliphatic heterocycles. The third-order valence-corrected chi connectivity index (χ3v) is 2.44. The Morgan fingerprint density at radius 3 is 2.58 bits per heavy atom. The minimum Gasteiger partial charge on any atom is -0.396 e. The Kier molecular flexibility index (Phi) is 5.27. The fourth-order valence-corrected chi connectivity index (χ4v) is 1.50. The quantitative estimate of drug-likeness (QED) is 0.641. The SMILES string of the molecule is N#CC(NCCCO)c1ccc(F)c(C(F)(F)F)c1. The van der Waals surface area contributed by atoms with Crippen LogP contribution in [0.3, 0.4) is 0 Å². The molecule has 0 fully saturated rings. The molecule has 0 heterocycles. The molecule has 0 bridgehead atoms. The number of halogens is 4. The number of aliphatic hydroxyl groups excluding tert-OH is 1. The van der Waals surface area contributed by atoms with Gasteiger partial charge in [-0.3, -0.25) is 5.32 Å². The van der Waals surface area contributed by atoms with Crippen LogP contribution in [0.15, 0.2) is 18.2 Å². The molecule has 1 atom stereocenters. The van der Waals surface area contributed by atoms with Crippen LogP contribution in [0, 0.1) is 17.1 Å². The first-order valence-corrected chi connectivity index (χ1v) is 5.50. The molecule has 2 N–H and O–H groups in total. The zero-order chi connectivity index (χ0) is 14.5.